The molecular weight excluding hydrogens is 367 g/mol. The van der Waals surface area contributed by atoms with Crippen molar-refractivity contribution in [3.63, 3.8) is 0 Å². The van der Waals surface area contributed by atoms with Crippen molar-refractivity contribution in [3.8, 4) is 11.5 Å². The molecule has 0 aliphatic rings. The van der Waals surface area contributed by atoms with Crippen molar-refractivity contribution in [2.75, 3.05) is 13.7 Å². The zero-order valence-electron chi connectivity index (χ0n) is 9.82. The summed E-state index contributed by atoms with van der Waals surface area (Å²) in [6.07, 6.45) is 0. The van der Waals surface area contributed by atoms with E-state index in [1.165, 1.54) is 18.4 Å². The number of phenolic OH excluding ortho intramolecular Hbond substituents is 1. The summed E-state index contributed by atoms with van der Waals surface area (Å²) >= 11 is 3.36. The number of phenols is 1. The van der Waals surface area contributed by atoms with Crippen LogP contribution in [0.3, 0.4) is 0 Å². The third-order valence-corrected chi connectivity index (χ3v) is 4.55. The first kappa shape index (κ1) is 13.4. The van der Waals surface area contributed by atoms with Crippen LogP contribution < -0.4 is 4.74 Å². The van der Waals surface area contributed by atoms with Gasteiger partial charge in [0, 0.05) is 16.2 Å². The van der Waals surface area contributed by atoms with Gasteiger partial charge in [-0.1, -0.05) is 0 Å². The molecule has 0 saturated carbocycles. The van der Waals surface area contributed by atoms with Crippen LogP contribution in [0.15, 0.2) is 12.1 Å². The number of aromatic hydroxyl groups is 1. The van der Waals surface area contributed by atoms with Gasteiger partial charge in [0.1, 0.15) is 4.88 Å². The highest BCUT2D eigenvalue weighted by Gasteiger charge is 2.17. The lowest BCUT2D eigenvalue weighted by atomic mass is 10.2. The van der Waals surface area contributed by atoms with E-state index in [0.717, 1.165) is 10.1 Å². The minimum absolute atomic E-state index is 0.0961. The maximum Gasteiger partial charge on any atom is 0.348 e. The van der Waals surface area contributed by atoms with Gasteiger partial charge in [0.25, 0.3) is 0 Å². The Morgan fingerprint density at radius 2 is 2.22 bits per heavy atom. The van der Waals surface area contributed by atoms with Gasteiger partial charge in [-0.2, -0.15) is 0 Å². The predicted octanol–water partition coefficient (Wildman–Crippen LogP) is 3.40. The van der Waals surface area contributed by atoms with Crippen molar-refractivity contribution in [2.24, 2.45) is 0 Å². The Bertz CT molecular complexity index is 606. The Morgan fingerprint density at radius 3 is 2.83 bits per heavy atom. The molecule has 0 aliphatic heterocycles. The van der Waals surface area contributed by atoms with E-state index >= 15 is 0 Å². The number of benzene rings is 1. The average Bonchev–Trinajstić information content (AvgIpc) is 2.78. The molecule has 0 saturated heterocycles. The normalized spacial score (nSPS) is 10.6. The fourth-order valence-electron chi connectivity index (χ4n) is 1.57. The molecule has 0 atom stereocenters. The lowest BCUT2D eigenvalue weighted by Crippen LogP contribution is -2.01. The van der Waals surface area contributed by atoms with Gasteiger partial charge >= 0.3 is 5.97 Å². The average molecular weight is 378 g/mol. The molecule has 6 heteroatoms. The largest absolute Gasteiger partial charge is 0.504 e. The summed E-state index contributed by atoms with van der Waals surface area (Å²) in [6.45, 7) is 2.11. The monoisotopic (exact) mass is 378 g/mol. The molecule has 0 radical (unpaired) electrons. The molecule has 2 aromatic rings. The fraction of sp³-hybridized carbons (Fsp3) is 0.250. The second-order valence-corrected chi connectivity index (χ2v) is 5.65. The van der Waals surface area contributed by atoms with Gasteiger partial charge in [0.05, 0.1) is 17.3 Å². The van der Waals surface area contributed by atoms with Gasteiger partial charge in [-0.3, -0.25) is 0 Å². The number of carbonyl (C=O) groups excluding carboxylic acids is 1. The van der Waals surface area contributed by atoms with Gasteiger partial charge in [0.15, 0.2) is 11.5 Å². The lowest BCUT2D eigenvalue weighted by Gasteiger charge is -2.05. The summed E-state index contributed by atoms with van der Waals surface area (Å²) < 4.78 is 11.6. The van der Waals surface area contributed by atoms with Gasteiger partial charge in [-0.25, -0.2) is 4.79 Å². The van der Waals surface area contributed by atoms with E-state index in [4.69, 9.17) is 9.47 Å². The van der Waals surface area contributed by atoms with Crippen LogP contribution in [0.2, 0.25) is 0 Å². The number of rotatable bonds is 3. The minimum atomic E-state index is -0.340. The standard InChI is InChI=1S/C12H11IO4S/c1-3-17-12(15)9-4-6-8(18-9)5-7(16-2)11(14)10(6)13/h4-5,14H,3H2,1-2H3. The minimum Gasteiger partial charge on any atom is -0.504 e. The summed E-state index contributed by atoms with van der Waals surface area (Å²) in [7, 11) is 1.50. The number of ether oxygens (including phenoxy) is 2. The molecule has 1 aromatic heterocycles. The smallest absolute Gasteiger partial charge is 0.348 e. The SMILES string of the molecule is CCOC(=O)c1cc2c(I)c(O)c(OC)cc2s1. The highest BCUT2D eigenvalue weighted by Crippen LogP contribution is 2.40. The molecule has 1 N–H and O–H groups in total. The Hall–Kier alpha value is -1.02. The number of thiophene rings is 1. The van der Waals surface area contributed by atoms with Crippen molar-refractivity contribution in [1.82, 2.24) is 0 Å². The molecule has 1 aromatic carbocycles. The van der Waals surface area contributed by atoms with Gasteiger partial charge in [-0.05, 0) is 35.6 Å². The number of hydrogen-bond acceptors (Lipinski definition) is 5. The van der Waals surface area contributed by atoms with E-state index in [-0.39, 0.29) is 11.7 Å². The highest BCUT2D eigenvalue weighted by atomic mass is 127. The Labute approximate surface area is 122 Å². The second-order valence-electron chi connectivity index (χ2n) is 3.48. The zero-order chi connectivity index (χ0) is 13.3. The van der Waals surface area contributed by atoms with Crippen LogP contribution in [-0.4, -0.2) is 24.8 Å². The highest BCUT2D eigenvalue weighted by molar-refractivity contribution is 14.1. The van der Waals surface area contributed by atoms with Crippen LogP contribution in [0.1, 0.15) is 16.6 Å². The number of fused-ring (bicyclic) bond motifs is 1. The van der Waals surface area contributed by atoms with Crippen LogP contribution >= 0.6 is 33.9 Å². The number of methoxy groups -OCH3 is 1. The predicted molar refractivity (Wildman–Crippen MR) is 78.7 cm³/mol. The van der Waals surface area contributed by atoms with Crippen molar-refractivity contribution < 1.29 is 19.4 Å². The van der Waals surface area contributed by atoms with Crippen LogP contribution in [0.25, 0.3) is 10.1 Å². The van der Waals surface area contributed by atoms with Gasteiger partial charge in [0.2, 0.25) is 0 Å². The fourth-order valence-corrected chi connectivity index (χ4v) is 3.45. The summed E-state index contributed by atoms with van der Waals surface area (Å²) in [6, 6.07) is 3.46. The molecule has 2 rings (SSSR count). The van der Waals surface area contributed by atoms with Gasteiger partial charge < -0.3 is 14.6 Å². The van der Waals surface area contributed by atoms with Crippen LogP contribution in [0.4, 0.5) is 0 Å². The molecule has 96 valence electrons. The summed E-state index contributed by atoms with van der Waals surface area (Å²) in [5.74, 6) is 0.163. The van der Waals surface area contributed by atoms with Crippen molar-refractivity contribution in [1.29, 1.82) is 0 Å². The molecule has 0 amide bonds. The zero-order valence-corrected chi connectivity index (χ0v) is 12.8. The molecule has 0 fully saturated rings. The Morgan fingerprint density at radius 1 is 1.50 bits per heavy atom. The molecule has 1 heterocycles. The van der Waals surface area contributed by atoms with Crippen LogP contribution in [0, 0.1) is 3.57 Å². The number of hydrogen-bond donors (Lipinski definition) is 1. The quantitative estimate of drug-likeness (QED) is 0.657. The van der Waals surface area contributed by atoms with E-state index in [1.807, 2.05) is 22.6 Å². The van der Waals surface area contributed by atoms with E-state index < -0.39 is 0 Å². The summed E-state index contributed by atoms with van der Waals surface area (Å²) in [5, 5.41) is 10.7. The van der Waals surface area contributed by atoms with E-state index in [2.05, 4.69) is 0 Å². The molecule has 18 heavy (non-hydrogen) atoms. The molecule has 0 aliphatic carbocycles. The first-order valence-electron chi connectivity index (χ1n) is 5.24. The molecule has 0 bridgehead atoms. The molecule has 0 spiro atoms. The van der Waals surface area contributed by atoms with Crippen molar-refractivity contribution >= 4 is 50.0 Å². The van der Waals surface area contributed by atoms with Crippen LogP contribution in [-0.2, 0) is 4.74 Å². The summed E-state index contributed by atoms with van der Waals surface area (Å²) in [5.41, 5.74) is 0. The third-order valence-electron chi connectivity index (χ3n) is 2.40. The first-order chi connectivity index (χ1) is 8.58. The number of esters is 1. The Balaban J connectivity index is 2.58. The maximum atomic E-state index is 11.7. The van der Waals surface area contributed by atoms with E-state index in [1.54, 1.807) is 19.1 Å². The van der Waals surface area contributed by atoms with Crippen molar-refractivity contribution in [3.05, 3.63) is 20.6 Å². The van der Waals surface area contributed by atoms with Crippen LogP contribution in [0.5, 0.6) is 11.5 Å². The number of halogens is 1. The molecule has 4 nitrogen and oxygen atoms in total. The summed E-state index contributed by atoms with van der Waals surface area (Å²) in [4.78, 5) is 12.2. The van der Waals surface area contributed by atoms with Gasteiger partial charge in [-0.15, -0.1) is 11.3 Å². The molecule has 0 unspecified atom stereocenters. The first-order valence-corrected chi connectivity index (χ1v) is 7.14. The topological polar surface area (TPSA) is 55.8 Å². The Kier molecular flexibility index (Phi) is 3.96. The van der Waals surface area contributed by atoms with Crippen molar-refractivity contribution in [2.45, 2.75) is 6.92 Å². The third kappa shape index (κ3) is 2.26. The van der Waals surface area contributed by atoms with E-state index in [9.17, 15) is 9.90 Å². The number of carbonyl (C=O) groups is 1. The second kappa shape index (κ2) is 5.31. The lowest BCUT2D eigenvalue weighted by molar-refractivity contribution is 0.0532. The maximum absolute atomic E-state index is 11.7. The molecular formula is C12H11IO4S. The van der Waals surface area contributed by atoms with E-state index in [0.29, 0.717) is 20.8 Å².